The van der Waals surface area contributed by atoms with E-state index in [9.17, 15) is 0 Å². The van der Waals surface area contributed by atoms with Crippen LogP contribution in [0.1, 0.15) is 11.3 Å². The van der Waals surface area contributed by atoms with Crippen LogP contribution in [0, 0.1) is 0 Å². The maximum absolute atomic E-state index is 5.73. The van der Waals surface area contributed by atoms with Crippen LogP contribution in [-0.4, -0.2) is 0 Å². The normalized spacial score (nSPS) is 10.6. The third kappa shape index (κ3) is 2.87. The summed E-state index contributed by atoms with van der Waals surface area (Å²) in [5.74, 6) is 0.931. The molecule has 4 heteroatoms. The minimum Gasteiger partial charge on any atom is -0.468 e. The fourth-order valence-corrected chi connectivity index (χ4v) is 1.85. The number of nitrogen functional groups attached to an aromatic ring is 1. The first-order chi connectivity index (χ1) is 7.75. The Morgan fingerprint density at radius 3 is 2.88 bits per heavy atom. The number of hydrogen-bond acceptors (Lipinski definition) is 3. The fraction of sp³-hybridized carbons (Fsp3) is 0.167. The van der Waals surface area contributed by atoms with Crippen molar-refractivity contribution in [1.82, 2.24) is 5.32 Å². The van der Waals surface area contributed by atoms with E-state index in [0.29, 0.717) is 6.54 Å². The Morgan fingerprint density at radius 1 is 1.25 bits per heavy atom. The molecule has 2 rings (SSSR count). The van der Waals surface area contributed by atoms with Crippen LogP contribution in [0.5, 0.6) is 0 Å². The van der Waals surface area contributed by atoms with Gasteiger partial charge in [0.15, 0.2) is 0 Å². The standard InChI is InChI=1S/C12H13BrN2O/c13-12-4-3-10(14)6-9(12)7-15-8-11-2-1-5-16-11/h1-6,15H,7-8,14H2. The van der Waals surface area contributed by atoms with Gasteiger partial charge in [-0.15, -0.1) is 0 Å². The van der Waals surface area contributed by atoms with E-state index in [0.717, 1.165) is 28.0 Å². The van der Waals surface area contributed by atoms with Crippen LogP contribution >= 0.6 is 15.9 Å². The molecule has 16 heavy (non-hydrogen) atoms. The third-order valence-corrected chi connectivity index (χ3v) is 3.04. The highest BCUT2D eigenvalue weighted by Crippen LogP contribution is 2.19. The maximum atomic E-state index is 5.73. The van der Waals surface area contributed by atoms with Gasteiger partial charge in [-0.25, -0.2) is 0 Å². The van der Waals surface area contributed by atoms with Crippen LogP contribution in [0.2, 0.25) is 0 Å². The molecular weight excluding hydrogens is 268 g/mol. The summed E-state index contributed by atoms with van der Waals surface area (Å²) in [6, 6.07) is 9.62. The number of anilines is 1. The molecule has 0 amide bonds. The lowest BCUT2D eigenvalue weighted by atomic mass is 10.2. The van der Waals surface area contributed by atoms with Crippen molar-refractivity contribution in [3.63, 3.8) is 0 Å². The van der Waals surface area contributed by atoms with Crippen molar-refractivity contribution in [3.8, 4) is 0 Å². The Morgan fingerprint density at radius 2 is 2.12 bits per heavy atom. The molecule has 3 N–H and O–H groups in total. The van der Waals surface area contributed by atoms with Crippen molar-refractivity contribution in [2.24, 2.45) is 0 Å². The number of nitrogens with one attached hydrogen (secondary N) is 1. The van der Waals surface area contributed by atoms with Gasteiger partial charge in [-0.05, 0) is 35.9 Å². The number of nitrogens with two attached hydrogens (primary N) is 1. The Labute approximate surface area is 103 Å². The van der Waals surface area contributed by atoms with E-state index in [1.807, 2.05) is 30.3 Å². The molecule has 3 nitrogen and oxygen atoms in total. The van der Waals surface area contributed by atoms with Crippen molar-refractivity contribution in [1.29, 1.82) is 0 Å². The molecule has 1 heterocycles. The van der Waals surface area contributed by atoms with Crippen LogP contribution < -0.4 is 11.1 Å². The molecule has 0 atom stereocenters. The molecule has 84 valence electrons. The average molecular weight is 281 g/mol. The zero-order valence-electron chi connectivity index (χ0n) is 8.74. The van der Waals surface area contributed by atoms with Crippen LogP contribution in [-0.2, 0) is 13.1 Å². The summed E-state index contributed by atoms with van der Waals surface area (Å²) in [7, 11) is 0. The topological polar surface area (TPSA) is 51.2 Å². The second kappa shape index (κ2) is 5.18. The second-order valence-corrected chi connectivity index (χ2v) is 4.39. The summed E-state index contributed by atoms with van der Waals surface area (Å²) in [6.45, 7) is 1.47. The van der Waals surface area contributed by atoms with Gasteiger partial charge in [-0.3, -0.25) is 0 Å². The highest BCUT2D eigenvalue weighted by molar-refractivity contribution is 9.10. The minimum atomic E-state index is 0.717. The average Bonchev–Trinajstić information content (AvgIpc) is 2.76. The number of hydrogen-bond donors (Lipinski definition) is 2. The Hall–Kier alpha value is -1.26. The lowest BCUT2D eigenvalue weighted by molar-refractivity contribution is 0.483. The molecule has 0 fully saturated rings. The third-order valence-electron chi connectivity index (χ3n) is 2.26. The molecule has 0 aliphatic carbocycles. The van der Waals surface area contributed by atoms with Crippen LogP contribution in [0.15, 0.2) is 45.5 Å². The van der Waals surface area contributed by atoms with Gasteiger partial charge in [0.1, 0.15) is 5.76 Å². The summed E-state index contributed by atoms with van der Waals surface area (Å²) in [6.07, 6.45) is 1.67. The molecule has 2 aromatic rings. The van der Waals surface area contributed by atoms with Crippen molar-refractivity contribution in [2.45, 2.75) is 13.1 Å². The molecule has 0 saturated carbocycles. The van der Waals surface area contributed by atoms with Gasteiger partial charge >= 0.3 is 0 Å². The molecule has 0 spiro atoms. The Bertz CT molecular complexity index is 454. The van der Waals surface area contributed by atoms with Crippen molar-refractivity contribution in [2.75, 3.05) is 5.73 Å². The number of benzene rings is 1. The van der Waals surface area contributed by atoms with Gasteiger partial charge < -0.3 is 15.5 Å². The molecule has 0 radical (unpaired) electrons. The van der Waals surface area contributed by atoms with Gasteiger partial charge in [0.05, 0.1) is 12.8 Å². The summed E-state index contributed by atoms with van der Waals surface area (Å²) in [5, 5.41) is 3.29. The lowest BCUT2D eigenvalue weighted by Gasteiger charge is -2.06. The minimum absolute atomic E-state index is 0.717. The van der Waals surface area contributed by atoms with E-state index < -0.39 is 0 Å². The predicted octanol–water partition coefficient (Wildman–Crippen LogP) is 2.91. The monoisotopic (exact) mass is 280 g/mol. The number of rotatable bonds is 4. The van der Waals surface area contributed by atoms with Gasteiger partial charge in [0, 0.05) is 16.7 Å². The Balaban J connectivity index is 1.92. The highest BCUT2D eigenvalue weighted by Gasteiger charge is 2.01. The van der Waals surface area contributed by atoms with Gasteiger partial charge in [0.2, 0.25) is 0 Å². The molecule has 0 aliphatic rings. The van der Waals surface area contributed by atoms with Gasteiger partial charge in [-0.2, -0.15) is 0 Å². The summed E-state index contributed by atoms with van der Waals surface area (Å²) >= 11 is 3.49. The predicted molar refractivity (Wildman–Crippen MR) is 67.8 cm³/mol. The maximum Gasteiger partial charge on any atom is 0.117 e. The van der Waals surface area contributed by atoms with E-state index in [1.165, 1.54) is 0 Å². The van der Waals surface area contributed by atoms with Crippen LogP contribution in [0.25, 0.3) is 0 Å². The number of furan rings is 1. The largest absolute Gasteiger partial charge is 0.468 e. The zero-order valence-corrected chi connectivity index (χ0v) is 10.3. The van der Waals surface area contributed by atoms with Crippen LogP contribution in [0.3, 0.4) is 0 Å². The molecule has 0 unspecified atom stereocenters. The summed E-state index contributed by atoms with van der Waals surface area (Å²) < 4.78 is 6.29. The SMILES string of the molecule is Nc1ccc(Br)c(CNCc2ccco2)c1. The molecule has 1 aromatic carbocycles. The molecule has 1 aromatic heterocycles. The summed E-state index contributed by atoms with van der Waals surface area (Å²) in [4.78, 5) is 0. The van der Waals surface area contributed by atoms with Crippen molar-refractivity contribution in [3.05, 3.63) is 52.4 Å². The van der Waals surface area contributed by atoms with E-state index in [-0.39, 0.29) is 0 Å². The smallest absolute Gasteiger partial charge is 0.117 e. The lowest BCUT2D eigenvalue weighted by Crippen LogP contribution is -2.12. The molecule has 0 bridgehead atoms. The van der Waals surface area contributed by atoms with E-state index in [4.69, 9.17) is 10.2 Å². The first-order valence-corrected chi connectivity index (χ1v) is 5.82. The number of halogens is 1. The van der Waals surface area contributed by atoms with Crippen molar-refractivity contribution < 1.29 is 4.42 Å². The van der Waals surface area contributed by atoms with Crippen molar-refractivity contribution >= 4 is 21.6 Å². The van der Waals surface area contributed by atoms with Crippen LogP contribution in [0.4, 0.5) is 5.69 Å². The van der Waals surface area contributed by atoms with E-state index >= 15 is 0 Å². The highest BCUT2D eigenvalue weighted by atomic mass is 79.9. The van der Waals surface area contributed by atoms with Gasteiger partial charge in [-0.1, -0.05) is 15.9 Å². The fourth-order valence-electron chi connectivity index (χ4n) is 1.46. The molecule has 0 aliphatic heterocycles. The first kappa shape index (κ1) is 11.2. The molecular formula is C12H13BrN2O. The zero-order chi connectivity index (χ0) is 11.4. The first-order valence-electron chi connectivity index (χ1n) is 5.03. The molecule has 0 saturated heterocycles. The van der Waals surface area contributed by atoms with E-state index in [1.54, 1.807) is 6.26 Å². The Kier molecular flexibility index (Phi) is 3.64. The van der Waals surface area contributed by atoms with E-state index in [2.05, 4.69) is 21.2 Å². The summed E-state index contributed by atoms with van der Waals surface area (Å²) in [5.41, 5.74) is 7.65. The quantitative estimate of drug-likeness (QED) is 0.847. The van der Waals surface area contributed by atoms with Gasteiger partial charge in [0.25, 0.3) is 0 Å². The second-order valence-electron chi connectivity index (χ2n) is 3.53.